The predicted molar refractivity (Wildman–Crippen MR) is 82.3 cm³/mol. The molecule has 4 nitrogen and oxygen atoms in total. The summed E-state index contributed by atoms with van der Waals surface area (Å²) in [6.45, 7) is 0. The lowest BCUT2D eigenvalue weighted by molar-refractivity contribution is 0.0955. The molecule has 0 aliphatic rings. The number of carbonyl (C=O) groups is 1. The molecule has 0 fully saturated rings. The van der Waals surface area contributed by atoms with E-state index in [0.717, 1.165) is 3.57 Å². The van der Waals surface area contributed by atoms with Gasteiger partial charge in [0.1, 0.15) is 5.75 Å². The van der Waals surface area contributed by atoms with Crippen LogP contribution in [0.3, 0.4) is 0 Å². The maximum absolute atomic E-state index is 11.7. The Labute approximate surface area is 124 Å². The quantitative estimate of drug-likeness (QED) is 0.499. The predicted octanol–water partition coefficient (Wildman–Crippen LogP) is 2.76. The molecule has 0 spiro atoms. The van der Waals surface area contributed by atoms with Crippen molar-refractivity contribution in [2.24, 2.45) is 5.10 Å². The number of rotatable bonds is 3. The Bertz CT molecular complexity index is 612. The second-order valence-electron chi connectivity index (χ2n) is 3.77. The highest BCUT2D eigenvalue weighted by Crippen LogP contribution is 2.17. The highest BCUT2D eigenvalue weighted by molar-refractivity contribution is 14.1. The first-order chi connectivity index (χ1) is 9.16. The summed E-state index contributed by atoms with van der Waals surface area (Å²) in [5.74, 6) is -0.167. The normalized spacial score (nSPS) is 10.6. The van der Waals surface area contributed by atoms with E-state index in [-0.39, 0.29) is 11.7 Å². The Hall–Kier alpha value is -1.89. The second-order valence-corrected chi connectivity index (χ2v) is 5.01. The van der Waals surface area contributed by atoms with Crippen molar-refractivity contribution in [1.82, 2.24) is 5.43 Å². The van der Waals surface area contributed by atoms with Crippen molar-refractivity contribution >= 4 is 34.7 Å². The van der Waals surface area contributed by atoms with Gasteiger partial charge in [-0.1, -0.05) is 18.2 Å². The SMILES string of the molecule is O=C(NN=Cc1cc(I)ccc1O)c1ccccc1. The summed E-state index contributed by atoms with van der Waals surface area (Å²) < 4.78 is 0.978. The number of hydrazone groups is 1. The molecule has 2 N–H and O–H groups in total. The zero-order valence-corrected chi connectivity index (χ0v) is 12.0. The third-order valence-electron chi connectivity index (χ3n) is 2.40. The number of nitrogens with one attached hydrogen (secondary N) is 1. The van der Waals surface area contributed by atoms with Gasteiger partial charge in [0.15, 0.2) is 0 Å². The fraction of sp³-hybridized carbons (Fsp3) is 0. The minimum Gasteiger partial charge on any atom is -0.507 e. The summed E-state index contributed by atoms with van der Waals surface area (Å²) in [6.07, 6.45) is 1.42. The zero-order chi connectivity index (χ0) is 13.7. The van der Waals surface area contributed by atoms with E-state index in [0.29, 0.717) is 11.1 Å². The first kappa shape index (κ1) is 13.5. The van der Waals surface area contributed by atoms with E-state index < -0.39 is 0 Å². The number of halogens is 1. The Morgan fingerprint density at radius 1 is 1.21 bits per heavy atom. The Kier molecular flexibility index (Phi) is 4.51. The number of aromatic hydroxyl groups is 1. The average Bonchev–Trinajstić information content (AvgIpc) is 2.43. The van der Waals surface area contributed by atoms with Crippen LogP contribution < -0.4 is 5.43 Å². The Morgan fingerprint density at radius 3 is 2.68 bits per heavy atom. The topological polar surface area (TPSA) is 61.7 Å². The molecular formula is C14H11IN2O2. The van der Waals surface area contributed by atoms with Crippen LogP contribution >= 0.6 is 22.6 Å². The maximum Gasteiger partial charge on any atom is 0.271 e. The number of phenolic OH excluding ortho intramolecular Hbond substituents is 1. The summed E-state index contributed by atoms with van der Waals surface area (Å²) in [5.41, 5.74) is 3.50. The summed E-state index contributed by atoms with van der Waals surface area (Å²) >= 11 is 2.14. The highest BCUT2D eigenvalue weighted by atomic mass is 127. The molecule has 0 saturated heterocycles. The number of hydrogen-bond acceptors (Lipinski definition) is 3. The molecule has 0 saturated carbocycles. The van der Waals surface area contributed by atoms with Gasteiger partial charge in [0.05, 0.1) is 6.21 Å². The van der Waals surface area contributed by atoms with Crippen LogP contribution in [0.25, 0.3) is 0 Å². The van der Waals surface area contributed by atoms with Gasteiger partial charge in [0, 0.05) is 14.7 Å². The van der Waals surface area contributed by atoms with Crippen LogP contribution in [0.4, 0.5) is 0 Å². The van der Waals surface area contributed by atoms with E-state index in [1.807, 2.05) is 6.07 Å². The third kappa shape index (κ3) is 3.78. The van der Waals surface area contributed by atoms with Crippen LogP contribution in [0.15, 0.2) is 53.6 Å². The van der Waals surface area contributed by atoms with Gasteiger partial charge < -0.3 is 5.11 Å². The molecule has 1 amide bonds. The third-order valence-corrected chi connectivity index (χ3v) is 3.07. The fourth-order valence-electron chi connectivity index (χ4n) is 1.44. The molecule has 5 heteroatoms. The van der Waals surface area contributed by atoms with E-state index in [4.69, 9.17) is 0 Å². The monoisotopic (exact) mass is 366 g/mol. The summed E-state index contributed by atoms with van der Waals surface area (Å²) in [6, 6.07) is 13.9. The second kappa shape index (κ2) is 6.33. The van der Waals surface area contributed by atoms with Crippen LogP contribution in [-0.2, 0) is 0 Å². The van der Waals surface area contributed by atoms with Gasteiger partial charge in [-0.05, 0) is 52.9 Å². The molecule has 2 aromatic rings. The standard InChI is InChI=1S/C14H11IN2O2/c15-12-6-7-13(18)11(8-12)9-16-17-14(19)10-4-2-1-3-5-10/h1-9,18H,(H,17,19). The van der Waals surface area contributed by atoms with E-state index in [1.165, 1.54) is 6.21 Å². The van der Waals surface area contributed by atoms with Crippen molar-refractivity contribution in [3.63, 3.8) is 0 Å². The smallest absolute Gasteiger partial charge is 0.271 e. The van der Waals surface area contributed by atoms with Gasteiger partial charge in [-0.3, -0.25) is 4.79 Å². The van der Waals surface area contributed by atoms with Gasteiger partial charge >= 0.3 is 0 Å². The molecule has 0 atom stereocenters. The Balaban J connectivity index is 2.04. The first-order valence-electron chi connectivity index (χ1n) is 5.54. The van der Waals surface area contributed by atoms with E-state index in [9.17, 15) is 9.90 Å². The van der Waals surface area contributed by atoms with E-state index in [2.05, 4.69) is 33.1 Å². The van der Waals surface area contributed by atoms with E-state index in [1.54, 1.807) is 42.5 Å². The molecule has 19 heavy (non-hydrogen) atoms. The molecule has 0 bridgehead atoms. The molecule has 2 aromatic carbocycles. The molecule has 0 unspecified atom stereocenters. The highest BCUT2D eigenvalue weighted by Gasteiger charge is 2.02. The van der Waals surface area contributed by atoms with Gasteiger partial charge in [-0.15, -0.1) is 0 Å². The number of nitrogens with zero attached hydrogens (tertiary/aromatic N) is 1. The van der Waals surface area contributed by atoms with Gasteiger partial charge in [0.25, 0.3) is 5.91 Å². The number of hydrogen-bond donors (Lipinski definition) is 2. The van der Waals surface area contributed by atoms with Crippen molar-refractivity contribution in [3.8, 4) is 5.75 Å². The van der Waals surface area contributed by atoms with Crippen LogP contribution in [0.1, 0.15) is 15.9 Å². The van der Waals surface area contributed by atoms with Gasteiger partial charge in [-0.25, -0.2) is 5.43 Å². The van der Waals surface area contributed by atoms with Crippen LogP contribution in [0, 0.1) is 3.57 Å². The molecule has 0 radical (unpaired) electrons. The van der Waals surface area contributed by atoms with Crippen molar-refractivity contribution < 1.29 is 9.90 Å². The maximum atomic E-state index is 11.7. The number of phenols is 1. The Morgan fingerprint density at radius 2 is 1.95 bits per heavy atom. The molecular weight excluding hydrogens is 355 g/mol. The first-order valence-corrected chi connectivity index (χ1v) is 6.61. The van der Waals surface area contributed by atoms with Crippen LogP contribution in [-0.4, -0.2) is 17.2 Å². The minimum atomic E-state index is -0.290. The van der Waals surface area contributed by atoms with Gasteiger partial charge in [-0.2, -0.15) is 5.10 Å². The summed E-state index contributed by atoms with van der Waals surface area (Å²) in [5, 5.41) is 13.4. The zero-order valence-electron chi connectivity index (χ0n) is 9.88. The lowest BCUT2D eigenvalue weighted by atomic mass is 10.2. The lowest BCUT2D eigenvalue weighted by Gasteiger charge is -2.00. The lowest BCUT2D eigenvalue weighted by Crippen LogP contribution is -2.17. The molecule has 0 aromatic heterocycles. The summed E-state index contributed by atoms with van der Waals surface area (Å²) in [7, 11) is 0. The van der Waals surface area contributed by atoms with Gasteiger partial charge in [0.2, 0.25) is 0 Å². The molecule has 96 valence electrons. The minimum absolute atomic E-state index is 0.123. The molecule has 0 heterocycles. The molecule has 2 rings (SSSR count). The van der Waals surface area contributed by atoms with Crippen molar-refractivity contribution in [3.05, 3.63) is 63.2 Å². The average molecular weight is 366 g/mol. The van der Waals surface area contributed by atoms with Crippen LogP contribution in [0.2, 0.25) is 0 Å². The number of carbonyl (C=O) groups excluding carboxylic acids is 1. The largest absolute Gasteiger partial charge is 0.507 e. The molecule has 0 aliphatic carbocycles. The van der Waals surface area contributed by atoms with Crippen molar-refractivity contribution in [2.75, 3.05) is 0 Å². The van der Waals surface area contributed by atoms with Crippen molar-refractivity contribution in [1.29, 1.82) is 0 Å². The molecule has 0 aliphatic heterocycles. The number of amides is 1. The van der Waals surface area contributed by atoms with Crippen LogP contribution in [0.5, 0.6) is 5.75 Å². The summed E-state index contributed by atoms with van der Waals surface area (Å²) in [4.78, 5) is 11.7. The van der Waals surface area contributed by atoms with Crippen molar-refractivity contribution in [2.45, 2.75) is 0 Å². The fourth-order valence-corrected chi connectivity index (χ4v) is 1.96. The number of benzene rings is 2. The van der Waals surface area contributed by atoms with E-state index >= 15 is 0 Å².